The third kappa shape index (κ3) is 1.99. The van der Waals surface area contributed by atoms with Gasteiger partial charge < -0.3 is 10.4 Å². The average molecular weight is 209 g/mol. The zero-order valence-electron chi connectivity index (χ0n) is 8.11. The molecule has 0 amide bonds. The zero-order chi connectivity index (χ0) is 10.8. The van der Waals surface area contributed by atoms with Gasteiger partial charge in [0.05, 0.1) is 5.56 Å². The van der Waals surface area contributed by atoms with Crippen LogP contribution in [0.1, 0.15) is 21.8 Å². The van der Waals surface area contributed by atoms with Gasteiger partial charge in [-0.05, 0) is 17.7 Å². The smallest absolute Gasteiger partial charge is 0.335 e. The zero-order valence-corrected chi connectivity index (χ0v) is 8.11. The van der Waals surface area contributed by atoms with Gasteiger partial charge in [-0.2, -0.15) is 0 Å². The van der Waals surface area contributed by atoms with Crippen LogP contribution >= 0.6 is 0 Å². The van der Waals surface area contributed by atoms with Gasteiger partial charge in [-0.1, -0.05) is 12.1 Å². The number of carboxylic acid groups (broad SMARTS) is 1. The van der Waals surface area contributed by atoms with Crippen LogP contribution in [0.4, 0.5) is 4.39 Å². The first-order valence-corrected chi connectivity index (χ1v) is 4.86. The molecule has 2 atom stereocenters. The molecule has 1 fully saturated rings. The number of carboxylic acids is 1. The van der Waals surface area contributed by atoms with Crippen molar-refractivity contribution in [2.75, 3.05) is 13.1 Å². The highest BCUT2D eigenvalue weighted by atomic mass is 19.1. The summed E-state index contributed by atoms with van der Waals surface area (Å²) in [5.74, 6) is -1.19. The first-order valence-electron chi connectivity index (χ1n) is 4.86. The number of benzene rings is 1. The average Bonchev–Trinajstić information content (AvgIpc) is 2.64. The molecule has 4 heteroatoms. The van der Waals surface area contributed by atoms with Crippen LogP contribution in [-0.4, -0.2) is 30.3 Å². The van der Waals surface area contributed by atoms with E-state index in [-0.39, 0.29) is 11.5 Å². The van der Waals surface area contributed by atoms with Crippen LogP contribution in [0.5, 0.6) is 0 Å². The molecule has 1 aromatic carbocycles. The Bertz CT molecular complexity index is 381. The second-order valence-corrected chi connectivity index (χ2v) is 3.71. The van der Waals surface area contributed by atoms with Crippen molar-refractivity contribution in [3.8, 4) is 0 Å². The number of halogens is 1. The quantitative estimate of drug-likeness (QED) is 0.774. The fourth-order valence-corrected chi connectivity index (χ4v) is 1.88. The largest absolute Gasteiger partial charge is 0.478 e. The molecule has 0 bridgehead atoms. The van der Waals surface area contributed by atoms with E-state index in [4.69, 9.17) is 5.11 Å². The Balaban J connectivity index is 2.28. The molecule has 0 spiro atoms. The minimum absolute atomic E-state index is 0.214. The highest BCUT2D eigenvalue weighted by Crippen LogP contribution is 2.25. The van der Waals surface area contributed by atoms with E-state index in [1.165, 1.54) is 6.07 Å². The second-order valence-electron chi connectivity index (χ2n) is 3.71. The number of carbonyl (C=O) groups is 1. The van der Waals surface area contributed by atoms with E-state index in [0.29, 0.717) is 13.1 Å². The van der Waals surface area contributed by atoms with Crippen molar-refractivity contribution in [3.05, 3.63) is 35.4 Å². The van der Waals surface area contributed by atoms with Gasteiger partial charge in [-0.25, -0.2) is 9.18 Å². The molecule has 1 saturated heterocycles. The summed E-state index contributed by atoms with van der Waals surface area (Å²) < 4.78 is 13.4. The van der Waals surface area contributed by atoms with E-state index in [1.54, 1.807) is 18.2 Å². The lowest BCUT2D eigenvalue weighted by molar-refractivity contribution is 0.0696. The summed E-state index contributed by atoms with van der Waals surface area (Å²) in [6.07, 6.45) is -0.922. The predicted molar refractivity (Wildman–Crippen MR) is 53.9 cm³/mol. The van der Waals surface area contributed by atoms with Crippen molar-refractivity contribution < 1.29 is 14.3 Å². The van der Waals surface area contributed by atoms with Gasteiger partial charge in [0.15, 0.2) is 0 Å². The minimum Gasteiger partial charge on any atom is -0.478 e. The van der Waals surface area contributed by atoms with E-state index >= 15 is 0 Å². The lowest BCUT2D eigenvalue weighted by Crippen LogP contribution is -2.11. The molecule has 0 aliphatic carbocycles. The molecule has 1 aliphatic heterocycles. The maximum Gasteiger partial charge on any atom is 0.335 e. The summed E-state index contributed by atoms with van der Waals surface area (Å²) in [5.41, 5.74) is 0.971. The molecule has 1 aliphatic rings. The summed E-state index contributed by atoms with van der Waals surface area (Å²) in [7, 11) is 0. The third-order valence-electron chi connectivity index (χ3n) is 2.70. The Hall–Kier alpha value is -1.42. The number of hydrogen-bond acceptors (Lipinski definition) is 2. The molecule has 2 rings (SSSR count). The van der Waals surface area contributed by atoms with Crippen LogP contribution in [0.15, 0.2) is 24.3 Å². The van der Waals surface area contributed by atoms with Crippen LogP contribution in [0.2, 0.25) is 0 Å². The topological polar surface area (TPSA) is 49.3 Å². The van der Waals surface area contributed by atoms with E-state index in [9.17, 15) is 9.18 Å². The summed E-state index contributed by atoms with van der Waals surface area (Å²) >= 11 is 0. The van der Waals surface area contributed by atoms with Gasteiger partial charge in [0.1, 0.15) is 6.17 Å². The molecule has 0 radical (unpaired) electrons. The fourth-order valence-electron chi connectivity index (χ4n) is 1.88. The Labute approximate surface area is 86.9 Å². The number of hydrogen-bond donors (Lipinski definition) is 2. The van der Waals surface area contributed by atoms with Gasteiger partial charge in [0.25, 0.3) is 0 Å². The molecule has 1 heterocycles. The SMILES string of the molecule is O=C(O)c1cccc(C2CNCC2F)c1. The van der Waals surface area contributed by atoms with Crippen molar-refractivity contribution in [1.82, 2.24) is 5.32 Å². The van der Waals surface area contributed by atoms with Crippen molar-refractivity contribution in [3.63, 3.8) is 0 Å². The van der Waals surface area contributed by atoms with E-state index < -0.39 is 12.1 Å². The van der Waals surface area contributed by atoms with Crippen molar-refractivity contribution in [2.45, 2.75) is 12.1 Å². The third-order valence-corrected chi connectivity index (χ3v) is 2.70. The van der Waals surface area contributed by atoms with Crippen molar-refractivity contribution >= 4 is 5.97 Å². The summed E-state index contributed by atoms with van der Waals surface area (Å²) in [4.78, 5) is 10.7. The minimum atomic E-state index is -0.974. The lowest BCUT2D eigenvalue weighted by atomic mass is 9.95. The van der Waals surface area contributed by atoms with E-state index in [2.05, 4.69) is 5.32 Å². The maximum absolute atomic E-state index is 13.4. The molecule has 80 valence electrons. The lowest BCUT2D eigenvalue weighted by Gasteiger charge is -2.12. The fraction of sp³-hybridized carbons (Fsp3) is 0.364. The number of aromatic carboxylic acids is 1. The summed E-state index contributed by atoms with van der Waals surface area (Å²) in [5, 5.41) is 11.8. The van der Waals surface area contributed by atoms with Crippen molar-refractivity contribution in [2.24, 2.45) is 0 Å². The van der Waals surface area contributed by atoms with Crippen LogP contribution in [0, 0.1) is 0 Å². The molecule has 1 aromatic rings. The highest BCUT2D eigenvalue weighted by Gasteiger charge is 2.28. The first kappa shape index (κ1) is 10.1. The van der Waals surface area contributed by atoms with Gasteiger partial charge in [-0.3, -0.25) is 0 Å². The molecular formula is C11H12FNO2. The monoisotopic (exact) mass is 209 g/mol. The Kier molecular flexibility index (Phi) is 2.68. The normalized spacial score (nSPS) is 25.4. The highest BCUT2D eigenvalue weighted by molar-refractivity contribution is 5.87. The van der Waals surface area contributed by atoms with Gasteiger partial charge in [0.2, 0.25) is 0 Å². The first-order chi connectivity index (χ1) is 7.18. The standard InChI is InChI=1S/C11H12FNO2/c12-10-6-13-5-9(10)7-2-1-3-8(4-7)11(14)15/h1-4,9-10,13H,5-6H2,(H,14,15). The van der Waals surface area contributed by atoms with Crippen LogP contribution in [-0.2, 0) is 0 Å². The van der Waals surface area contributed by atoms with E-state index in [1.807, 2.05) is 0 Å². The molecular weight excluding hydrogens is 197 g/mol. The van der Waals surface area contributed by atoms with Gasteiger partial charge in [0, 0.05) is 19.0 Å². The Morgan fingerprint density at radius 3 is 2.87 bits per heavy atom. The van der Waals surface area contributed by atoms with Crippen LogP contribution in [0.3, 0.4) is 0 Å². The number of rotatable bonds is 2. The van der Waals surface area contributed by atoms with Gasteiger partial charge >= 0.3 is 5.97 Å². The van der Waals surface area contributed by atoms with Gasteiger partial charge in [-0.15, -0.1) is 0 Å². The molecule has 2 unspecified atom stereocenters. The number of nitrogens with one attached hydrogen (secondary N) is 1. The van der Waals surface area contributed by atoms with Crippen molar-refractivity contribution in [1.29, 1.82) is 0 Å². The molecule has 3 nitrogen and oxygen atoms in total. The Morgan fingerprint density at radius 2 is 2.27 bits per heavy atom. The second kappa shape index (κ2) is 3.98. The van der Waals surface area contributed by atoms with Crippen LogP contribution < -0.4 is 5.32 Å². The predicted octanol–water partition coefficient (Wildman–Crippen LogP) is 1.41. The summed E-state index contributed by atoms with van der Waals surface area (Å²) in [6, 6.07) is 6.49. The Morgan fingerprint density at radius 1 is 1.47 bits per heavy atom. The van der Waals surface area contributed by atoms with Crippen LogP contribution in [0.25, 0.3) is 0 Å². The molecule has 0 saturated carbocycles. The summed E-state index contributed by atoms with van der Waals surface area (Å²) in [6.45, 7) is 0.923. The molecule has 2 N–H and O–H groups in total. The number of alkyl halides is 1. The molecule has 15 heavy (non-hydrogen) atoms. The molecule has 0 aromatic heterocycles. The van der Waals surface area contributed by atoms with E-state index in [0.717, 1.165) is 5.56 Å². The maximum atomic E-state index is 13.4.